The summed E-state index contributed by atoms with van der Waals surface area (Å²) in [6, 6.07) is 5.63. The van der Waals surface area contributed by atoms with Crippen molar-refractivity contribution < 1.29 is 27.0 Å². The van der Waals surface area contributed by atoms with Crippen molar-refractivity contribution in [1.29, 1.82) is 0 Å². The molecule has 0 atom stereocenters. The van der Waals surface area contributed by atoms with Crippen LogP contribution in [0.4, 0.5) is 17.6 Å². The first-order valence-electron chi connectivity index (χ1n) is 11.6. The van der Waals surface area contributed by atoms with Crippen LogP contribution >= 0.6 is 11.6 Å². The molecule has 35 heavy (non-hydrogen) atoms. The van der Waals surface area contributed by atoms with Crippen LogP contribution in [0.1, 0.15) is 69.2 Å². The molecule has 2 aromatic rings. The molecule has 0 aliphatic heterocycles. The summed E-state index contributed by atoms with van der Waals surface area (Å²) in [5.74, 6) is 0.0568. The van der Waals surface area contributed by atoms with Crippen LogP contribution in [0.5, 0.6) is 11.5 Å². The Morgan fingerprint density at radius 1 is 1.17 bits per heavy atom. The van der Waals surface area contributed by atoms with Gasteiger partial charge in [-0.3, -0.25) is 4.98 Å². The number of halogens is 5. The third-order valence-corrected chi connectivity index (χ3v) is 6.40. The summed E-state index contributed by atoms with van der Waals surface area (Å²) in [6.45, 7) is 3.72. The van der Waals surface area contributed by atoms with Gasteiger partial charge in [-0.2, -0.15) is 13.2 Å². The summed E-state index contributed by atoms with van der Waals surface area (Å²) >= 11 is 6.66. The van der Waals surface area contributed by atoms with Crippen LogP contribution in [0.2, 0.25) is 0 Å². The molecule has 1 aromatic carbocycles. The number of hydrogen-bond acceptors (Lipinski definition) is 4. The van der Waals surface area contributed by atoms with Gasteiger partial charge in [-0.25, -0.2) is 9.38 Å². The highest BCUT2D eigenvalue weighted by Crippen LogP contribution is 2.36. The zero-order valence-electron chi connectivity index (χ0n) is 20.0. The number of hydrogen-bond donors (Lipinski definition) is 0. The van der Waals surface area contributed by atoms with Gasteiger partial charge in [-0.15, -0.1) is 0 Å². The average Bonchev–Trinajstić information content (AvgIpc) is 3.36. The van der Waals surface area contributed by atoms with Crippen LogP contribution in [0.15, 0.2) is 40.6 Å². The number of ether oxygens (including phenoxy) is 2. The van der Waals surface area contributed by atoms with E-state index in [1.54, 1.807) is 12.1 Å². The van der Waals surface area contributed by atoms with Crippen LogP contribution in [0, 0.1) is 11.7 Å². The molecule has 0 N–H and O–H groups in total. The minimum Gasteiger partial charge on any atom is -0.493 e. The second-order valence-electron chi connectivity index (χ2n) is 8.56. The van der Waals surface area contributed by atoms with E-state index in [9.17, 15) is 17.6 Å². The molecule has 9 heteroatoms. The molecule has 1 aliphatic carbocycles. The molecule has 0 saturated heterocycles. The summed E-state index contributed by atoms with van der Waals surface area (Å²) in [5.41, 5.74) is 1.35. The highest BCUT2D eigenvalue weighted by Gasteiger charge is 2.32. The number of benzene rings is 1. The average molecular weight is 513 g/mol. The zero-order chi connectivity index (χ0) is 25.6. The Morgan fingerprint density at radius 3 is 2.49 bits per heavy atom. The summed E-state index contributed by atoms with van der Waals surface area (Å²) in [6.07, 6.45) is 2.19. The van der Waals surface area contributed by atoms with Crippen molar-refractivity contribution >= 4 is 22.9 Å². The van der Waals surface area contributed by atoms with Crippen molar-refractivity contribution in [2.45, 2.75) is 65.2 Å². The molecule has 0 spiro atoms. The largest absolute Gasteiger partial charge is 0.493 e. The maximum absolute atomic E-state index is 14.1. The minimum atomic E-state index is -4.67. The van der Waals surface area contributed by atoms with E-state index in [0.717, 1.165) is 36.1 Å². The van der Waals surface area contributed by atoms with Gasteiger partial charge in [0.15, 0.2) is 11.5 Å². The van der Waals surface area contributed by atoms with Gasteiger partial charge in [0, 0.05) is 11.9 Å². The number of allylic oxidation sites excluding steroid dienone is 1. The van der Waals surface area contributed by atoms with Crippen molar-refractivity contribution in [3.05, 3.63) is 58.3 Å². The van der Waals surface area contributed by atoms with E-state index in [0.29, 0.717) is 41.3 Å². The van der Waals surface area contributed by atoms with Crippen molar-refractivity contribution in [3.63, 3.8) is 0 Å². The second kappa shape index (κ2) is 11.9. The molecule has 1 heterocycles. The Balaban J connectivity index is 1.82. The molecule has 1 saturated carbocycles. The van der Waals surface area contributed by atoms with E-state index >= 15 is 0 Å². The molecule has 1 aromatic heterocycles. The molecule has 3 rings (SSSR count). The predicted octanol–water partition coefficient (Wildman–Crippen LogP) is 8.19. The number of alkyl halides is 3. The number of nitrogens with zero attached hydrogens (tertiary/aromatic N) is 2. The maximum Gasteiger partial charge on any atom is 0.417 e. The molecule has 1 fully saturated rings. The Kier molecular flexibility index (Phi) is 9.16. The molecular formula is C26H29ClF4N2O2. The Hall–Kier alpha value is -2.61. The van der Waals surface area contributed by atoms with Crippen LogP contribution in [-0.2, 0) is 12.8 Å². The zero-order valence-corrected chi connectivity index (χ0v) is 20.8. The first-order valence-corrected chi connectivity index (χ1v) is 12.0. The Labute approximate surface area is 208 Å². The van der Waals surface area contributed by atoms with Gasteiger partial charge in [-0.05, 0) is 61.4 Å². The van der Waals surface area contributed by atoms with Gasteiger partial charge in [0.25, 0.3) is 0 Å². The van der Waals surface area contributed by atoms with Gasteiger partial charge in [0.05, 0.1) is 12.7 Å². The molecular weight excluding hydrogens is 484 g/mol. The van der Waals surface area contributed by atoms with E-state index in [1.807, 2.05) is 13.0 Å². The van der Waals surface area contributed by atoms with Crippen LogP contribution < -0.4 is 9.47 Å². The third-order valence-electron chi connectivity index (χ3n) is 6.09. The fourth-order valence-electron chi connectivity index (χ4n) is 4.12. The lowest BCUT2D eigenvalue weighted by Crippen LogP contribution is -2.09. The summed E-state index contributed by atoms with van der Waals surface area (Å²) in [7, 11) is 1.47. The lowest BCUT2D eigenvalue weighted by Gasteiger charge is -2.15. The summed E-state index contributed by atoms with van der Waals surface area (Å²) in [4.78, 5) is 8.27. The Morgan fingerprint density at radius 2 is 1.89 bits per heavy atom. The van der Waals surface area contributed by atoms with Crippen LogP contribution in [0.3, 0.4) is 0 Å². The number of pyridine rings is 1. The number of aromatic nitrogens is 1. The van der Waals surface area contributed by atoms with E-state index < -0.39 is 17.6 Å². The summed E-state index contributed by atoms with van der Waals surface area (Å²) in [5, 5.41) is 0.447. The van der Waals surface area contributed by atoms with Crippen molar-refractivity contribution in [1.82, 2.24) is 4.98 Å². The van der Waals surface area contributed by atoms with Crippen molar-refractivity contribution in [2.75, 3.05) is 7.11 Å². The fraction of sp³-hybridized carbons (Fsp3) is 0.462. The minimum absolute atomic E-state index is 0.240. The fourth-order valence-corrected chi connectivity index (χ4v) is 4.46. The van der Waals surface area contributed by atoms with Crippen molar-refractivity contribution in [3.8, 4) is 11.5 Å². The predicted molar refractivity (Wildman–Crippen MR) is 129 cm³/mol. The first kappa shape index (κ1) is 27.0. The number of methoxy groups -OCH3 is 1. The van der Waals surface area contributed by atoms with E-state index in [2.05, 4.69) is 11.9 Å². The van der Waals surface area contributed by atoms with Crippen LogP contribution in [0.25, 0.3) is 5.57 Å². The quantitative estimate of drug-likeness (QED) is 0.193. The standard InChI is InChI=1S/C26H29ClF4N2O2/c1-4-7-20(25(27)33-16(2)17-8-5-6-9-17)18-10-11-23(24(12-18)34-3)35-15-22-21(28)13-19(14-32-22)26(29,30)31/h10-14,17H,4-9,15H2,1-3H3/b25-20+,33-16+. The lowest BCUT2D eigenvalue weighted by molar-refractivity contribution is -0.138. The second-order valence-corrected chi connectivity index (χ2v) is 8.92. The van der Waals surface area contributed by atoms with Gasteiger partial charge in [-0.1, -0.05) is 43.9 Å². The molecule has 0 amide bonds. The molecule has 190 valence electrons. The normalized spacial score (nSPS) is 15.8. The van der Waals surface area contributed by atoms with Crippen LogP contribution in [-0.4, -0.2) is 17.8 Å². The third kappa shape index (κ3) is 6.97. The highest BCUT2D eigenvalue weighted by atomic mass is 35.5. The van der Waals surface area contributed by atoms with Crippen molar-refractivity contribution in [2.24, 2.45) is 10.9 Å². The number of aliphatic imine (C=N–C) groups is 1. The first-order chi connectivity index (χ1) is 16.6. The van der Waals surface area contributed by atoms with Gasteiger partial charge >= 0.3 is 6.18 Å². The monoisotopic (exact) mass is 512 g/mol. The summed E-state index contributed by atoms with van der Waals surface area (Å²) < 4.78 is 63.4. The topological polar surface area (TPSA) is 43.7 Å². The van der Waals surface area contributed by atoms with Gasteiger partial charge in [0.2, 0.25) is 0 Å². The molecule has 0 bridgehead atoms. The lowest BCUT2D eigenvalue weighted by atomic mass is 10.0. The van der Waals surface area contributed by atoms with E-state index in [-0.39, 0.29) is 12.3 Å². The van der Waals surface area contributed by atoms with Gasteiger partial charge < -0.3 is 9.47 Å². The SMILES string of the molecule is CCC/C(=C(Cl)\N=C(/C)C1CCCC1)c1ccc(OCc2ncc(C(F)(F)F)cc2F)c(OC)c1. The van der Waals surface area contributed by atoms with E-state index in [1.165, 1.54) is 20.0 Å². The van der Waals surface area contributed by atoms with E-state index in [4.69, 9.17) is 26.1 Å². The molecule has 0 radical (unpaired) electrons. The molecule has 1 aliphatic rings. The highest BCUT2D eigenvalue weighted by molar-refractivity contribution is 6.33. The molecule has 4 nitrogen and oxygen atoms in total. The number of rotatable bonds is 9. The Bertz CT molecular complexity index is 1090. The maximum atomic E-state index is 14.1. The van der Waals surface area contributed by atoms with Gasteiger partial charge in [0.1, 0.15) is 23.3 Å². The smallest absolute Gasteiger partial charge is 0.417 e. The molecule has 0 unspecified atom stereocenters.